The van der Waals surface area contributed by atoms with E-state index in [4.69, 9.17) is 0 Å². The van der Waals surface area contributed by atoms with E-state index >= 15 is 0 Å². The van der Waals surface area contributed by atoms with Gasteiger partial charge in [0.15, 0.2) is 0 Å². The maximum absolute atomic E-state index is 13.5. The quantitative estimate of drug-likeness (QED) is 0.325. The van der Waals surface area contributed by atoms with Crippen molar-refractivity contribution in [1.82, 2.24) is 4.57 Å². The van der Waals surface area contributed by atoms with Gasteiger partial charge in [0, 0.05) is 22.5 Å². The van der Waals surface area contributed by atoms with Gasteiger partial charge < -0.3 is 4.57 Å². The molecule has 0 spiro atoms. The first kappa shape index (κ1) is 15.4. The molecule has 0 saturated carbocycles. The molecule has 3 aromatic carbocycles. The van der Waals surface area contributed by atoms with Crippen LogP contribution in [0, 0.1) is 5.82 Å². The molecular weight excluding hydrogens is 341 g/mol. The summed E-state index contributed by atoms with van der Waals surface area (Å²) < 4.78 is 18.3. The summed E-state index contributed by atoms with van der Waals surface area (Å²) >= 11 is 1.82. The zero-order valence-corrected chi connectivity index (χ0v) is 15.1. The fraction of sp³-hybridized carbons (Fsp3) is 0.0435. The predicted molar refractivity (Wildman–Crippen MR) is 109 cm³/mol. The molecule has 0 amide bonds. The summed E-state index contributed by atoms with van der Waals surface area (Å²) in [4.78, 5) is 0. The molecule has 0 unspecified atom stereocenters. The zero-order valence-electron chi connectivity index (χ0n) is 14.2. The monoisotopic (exact) mass is 357 g/mol. The van der Waals surface area contributed by atoms with Crippen molar-refractivity contribution >= 4 is 31.5 Å². The number of rotatable bonds is 2. The molecule has 5 aromatic rings. The van der Waals surface area contributed by atoms with Crippen LogP contribution in [0.2, 0.25) is 0 Å². The van der Waals surface area contributed by atoms with Crippen LogP contribution in [0.25, 0.3) is 42.7 Å². The van der Waals surface area contributed by atoms with Crippen molar-refractivity contribution in [2.45, 2.75) is 0 Å². The lowest BCUT2D eigenvalue weighted by Crippen LogP contribution is -1.95. The number of hydrogen-bond acceptors (Lipinski definition) is 1. The number of benzene rings is 3. The van der Waals surface area contributed by atoms with Crippen molar-refractivity contribution in [3.63, 3.8) is 0 Å². The van der Waals surface area contributed by atoms with Gasteiger partial charge in [0.05, 0.1) is 16.1 Å². The first-order valence-electron chi connectivity index (χ1n) is 8.55. The molecule has 5 rings (SSSR count). The van der Waals surface area contributed by atoms with Gasteiger partial charge in [-0.1, -0.05) is 48.5 Å². The molecule has 0 saturated heterocycles. The molecule has 126 valence electrons. The summed E-state index contributed by atoms with van der Waals surface area (Å²) in [5.74, 6) is -0.210. The number of aromatic nitrogens is 1. The minimum atomic E-state index is -0.210. The molecule has 0 N–H and O–H groups in total. The Bertz CT molecular complexity index is 1230. The van der Waals surface area contributed by atoms with Crippen molar-refractivity contribution in [2.75, 3.05) is 0 Å². The van der Waals surface area contributed by atoms with Crippen LogP contribution < -0.4 is 0 Å². The molecule has 0 radical (unpaired) electrons. The Morgan fingerprint density at radius 3 is 2.15 bits per heavy atom. The molecule has 0 fully saturated rings. The van der Waals surface area contributed by atoms with Gasteiger partial charge in [0.1, 0.15) is 5.82 Å². The van der Waals surface area contributed by atoms with E-state index in [9.17, 15) is 4.39 Å². The number of nitrogens with zero attached hydrogens (tertiary/aromatic N) is 1. The minimum Gasteiger partial charge on any atom is -0.342 e. The van der Waals surface area contributed by atoms with Crippen LogP contribution in [0.5, 0.6) is 0 Å². The van der Waals surface area contributed by atoms with Gasteiger partial charge in [0.25, 0.3) is 0 Å². The maximum atomic E-state index is 13.5. The summed E-state index contributed by atoms with van der Waals surface area (Å²) in [6.45, 7) is 0. The second-order valence-electron chi connectivity index (χ2n) is 6.43. The third kappa shape index (κ3) is 2.21. The minimum absolute atomic E-state index is 0.210. The van der Waals surface area contributed by atoms with Gasteiger partial charge in [-0.05, 0) is 41.5 Å². The Morgan fingerprint density at radius 2 is 1.38 bits per heavy atom. The van der Waals surface area contributed by atoms with Gasteiger partial charge in [0.2, 0.25) is 0 Å². The Morgan fingerprint density at radius 1 is 0.731 bits per heavy atom. The summed E-state index contributed by atoms with van der Waals surface area (Å²) in [7, 11) is 2.10. The lowest BCUT2D eigenvalue weighted by Gasteiger charge is -2.09. The highest BCUT2D eigenvalue weighted by Gasteiger charge is 2.21. The van der Waals surface area contributed by atoms with Crippen LogP contribution in [-0.2, 0) is 7.05 Å². The zero-order chi connectivity index (χ0) is 17.7. The number of hydrogen-bond donors (Lipinski definition) is 0. The largest absolute Gasteiger partial charge is 0.342 e. The van der Waals surface area contributed by atoms with Crippen LogP contribution >= 0.6 is 11.3 Å². The van der Waals surface area contributed by atoms with E-state index in [1.165, 1.54) is 43.6 Å². The molecule has 0 bridgehead atoms. The summed E-state index contributed by atoms with van der Waals surface area (Å²) in [5, 5.41) is 2.50. The molecule has 0 aliphatic carbocycles. The van der Waals surface area contributed by atoms with Gasteiger partial charge in [-0.2, -0.15) is 0 Å². The highest BCUT2D eigenvalue weighted by molar-refractivity contribution is 7.26. The van der Waals surface area contributed by atoms with Crippen molar-refractivity contribution in [2.24, 2.45) is 7.05 Å². The molecule has 0 aliphatic heterocycles. The third-order valence-corrected chi connectivity index (χ3v) is 6.06. The lowest BCUT2D eigenvalue weighted by atomic mass is 10.1. The summed E-state index contributed by atoms with van der Waals surface area (Å²) in [6.07, 6.45) is 0. The second kappa shape index (κ2) is 5.82. The smallest absolute Gasteiger partial charge is 0.123 e. The second-order valence-corrected chi connectivity index (χ2v) is 7.48. The van der Waals surface area contributed by atoms with Crippen LogP contribution in [0.4, 0.5) is 4.39 Å². The summed E-state index contributed by atoms with van der Waals surface area (Å²) in [5.41, 5.74) is 4.57. The normalized spacial score (nSPS) is 11.5. The molecule has 1 nitrogen and oxygen atoms in total. The molecular formula is C23H16FNS. The standard InChI is InChI=1S/C23H16FNS/c1-25-21(16-11-13-17(24)14-12-16)20-18-9-5-6-10-19(18)26-23(20)22(25)15-7-3-2-4-8-15/h2-14H,1H3. The molecule has 2 heterocycles. The Labute approximate surface area is 154 Å². The fourth-order valence-electron chi connectivity index (χ4n) is 3.75. The first-order valence-corrected chi connectivity index (χ1v) is 9.37. The highest BCUT2D eigenvalue weighted by Crippen LogP contribution is 2.46. The van der Waals surface area contributed by atoms with E-state index < -0.39 is 0 Å². The Balaban J connectivity index is 1.95. The van der Waals surface area contributed by atoms with Gasteiger partial charge >= 0.3 is 0 Å². The van der Waals surface area contributed by atoms with E-state index in [0.29, 0.717) is 0 Å². The number of halogens is 1. The van der Waals surface area contributed by atoms with Crippen LogP contribution in [0.15, 0.2) is 78.9 Å². The topological polar surface area (TPSA) is 4.93 Å². The van der Waals surface area contributed by atoms with Crippen LogP contribution in [0.1, 0.15) is 0 Å². The van der Waals surface area contributed by atoms with E-state index in [1.807, 2.05) is 29.5 Å². The van der Waals surface area contributed by atoms with E-state index in [2.05, 4.69) is 60.1 Å². The van der Waals surface area contributed by atoms with Crippen molar-refractivity contribution in [3.05, 3.63) is 84.7 Å². The summed E-state index contributed by atoms with van der Waals surface area (Å²) in [6, 6.07) is 25.8. The number of thiophene rings is 1. The molecule has 0 atom stereocenters. The average Bonchev–Trinajstić information content (AvgIpc) is 3.16. The van der Waals surface area contributed by atoms with Crippen LogP contribution in [0.3, 0.4) is 0 Å². The molecule has 3 heteroatoms. The Hall–Kier alpha value is -2.91. The molecule has 2 aromatic heterocycles. The molecule has 0 aliphatic rings. The highest BCUT2D eigenvalue weighted by atomic mass is 32.1. The number of fused-ring (bicyclic) bond motifs is 3. The maximum Gasteiger partial charge on any atom is 0.123 e. The predicted octanol–water partition coefficient (Wildman–Crippen LogP) is 6.87. The van der Waals surface area contributed by atoms with Crippen molar-refractivity contribution in [3.8, 4) is 22.5 Å². The van der Waals surface area contributed by atoms with E-state index in [-0.39, 0.29) is 5.82 Å². The lowest BCUT2D eigenvalue weighted by molar-refractivity contribution is 0.628. The van der Waals surface area contributed by atoms with Gasteiger partial charge in [-0.15, -0.1) is 11.3 Å². The average molecular weight is 357 g/mol. The van der Waals surface area contributed by atoms with E-state index in [1.54, 1.807) is 0 Å². The Kier molecular flexibility index (Phi) is 3.44. The first-order chi connectivity index (χ1) is 12.7. The fourth-order valence-corrected chi connectivity index (χ4v) is 5.05. The van der Waals surface area contributed by atoms with Crippen molar-refractivity contribution in [1.29, 1.82) is 0 Å². The third-order valence-electron chi connectivity index (χ3n) is 4.88. The van der Waals surface area contributed by atoms with Gasteiger partial charge in [-0.3, -0.25) is 0 Å². The van der Waals surface area contributed by atoms with Crippen molar-refractivity contribution < 1.29 is 4.39 Å². The van der Waals surface area contributed by atoms with Gasteiger partial charge in [-0.25, -0.2) is 4.39 Å². The van der Waals surface area contributed by atoms with Crippen LogP contribution in [-0.4, -0.2) is 4.57 Å². The SMILES string of the molecule is Cn1c(-c2ccccc2)c2sc3ccccc3c2c1-c1ccc(F)cc1. The molecule has 26 heavy (non-hydrogen) atoms. The van der Waals surface area contributed by atoms with E-state index in [0.717, 1.165) is 11.3 Å².